The fourth-order valence-corrected chi connectivity index (χ4v) is 6.28. The van der Waals surface area contributed by atoms with Crippen LogP contribution in [-0.2, 0) is 41.6 Å². The number of carboxylic acids is 2. The predicted molar refractivity (Wildman–Crippen MR) is 225 cm³/mol. The van der Waals surface area contributed by atoms with Gasteiger partial charge in [-0.15, -0.1) is 11.3 Å². The fourth-order valence-electron chi connectivity index (χ4n) is 5.22. The Morgan fingerprint density at radius 3 is 1.60 bits per heavy atom. The Labute approximate surface area is 346 Å². The molecule has 13 nitrogen and oxygen atoms in total. The highest BCUT2D eigenvalue weighted by Gasteiger charge is 2.19. The zero-order valence-corrected chi connectivity index (χ0v) is 34.4. The van der Waals surface area contributed by atoms with E-state index >= 15 is 0 Å². The zero-order valence-electron chi connectivity index (χ0n) is 32.8. The van der Waals surface area contributed by atoms with Crippen LogP contribution in [0.3, 0.4) is 0 Å². The van der Waals surface area contributed by atoms with E-state index < -0.39 is 24.1 Å². The van der Waals surface area contributed by atoms with Crippen LogP contribution in [0.15, 0.2) is 107 Å². The maximum atomic E-state index is 11.2. The molecule has 2 unspecified atom stereocenters. The SMILES string of the molecule is CCO/N=C(/COc1ccc(CC(OCC)C(=O)O)cc1)c1nc2ccccc2s1.CCO/N=C(\COc1ccc(CC(OCC)C(=O)O)cc1)c1ccc(Cl)cc1. The van der Waals surface area contributed by atoms with Gasteiger partial charge in [0, 0.05) is 36.6 Å². The van der Waals surface area contributed by atoms with E-state index in [1.165, 1.54) is 11.3 Å². The zero-order chi connectivity index (χ0) is 41.7. The highest BCUT2D eigenvalue weighted by Crippen LogP contribution is 2.23. The van der Waals surface area contributed by atoms with Crippen molar-refractivity contribution in [3.05, 3.63) is 124 Å². The van der Waals surface area contributed by atoms with E-state index in [2.05, 4.69) is 15.3 Å². The number of hydrogen-bond acceptors (Lipinski definition) is 12. The van der Waals surface area contributed by atoms with Crippen molar-refractivity contribution in [2.24, 2.45) is 10.3 Å². The number of carboxylic acid groups (broad SMARTS) is 2. The first kappa shape index (κ1) is 45.2. The Hall–Kier alpha value is -5.54. The lowest BCUT2D eigenvalue weighted by atomic mass is 10.1. The Bertz CT molecular complexity index is 2040. The number of thiazole rings is 1. The largest absolute Gasteiger partial charge is 0.487 e. The number of ether oxygens (including phenoxy) is 4. The van der Waals surface area contributed by atoms with Crippen LogP contribution in [0.1, 0.15) is 49.4 Å². The van der Waals surface area contributed by atoms with Crippen LogP contribution < -0.4 is 9.47 Å². The van der Waals surface area contributed by atoms with Gasteiger partial charge in [0.2, 0.25) is 0 Å². The molecule has 58 heavy (non-hydrogen) atoms. The molecule has 0 spiro atoms. The minimum atomic E-state index is -0.970. The van der Waals surface area contributed by atoms with E-state index in [0.717, 1.165) is 31.9 Å². The van der Waals surface area contributed by atoms with Crippen molar-refractivity contribution in [3.63, 3.8) is 0 Å². The maximum absolute atomic E-state index is 11.2. The molecule has 0 fully saturated rings. The summed E-state index contributed by atoms with van der Waals surface area (Å²) in [5.41, 5.74) is 4.74. The molecule has 0 bridgehead atoms. The summed E-state index contributed by atoms with van der Waals surface area (Å²) < 4.78 is 23.3. The topological polar surface area (TPSA) is 168 Å². The van der Waals surface area contributed by atoms with Crippen molar-refractivity contribution in [1.29, 1.82) is 0 Å². The lowest BCUT2D eigenvalue weighted by Gasteiger charge is -2.13. The molecule has 2 atom stereocenters. The van der Waals surface area contributed by atoms with E-state index in [-0.39, 0.29) is 13.2 Å². The number of hydrogen-bond donors (Lipinski definition) is 2. The van der Waals surface area contributed by atoms with Crippen LogP contribution in [0.5, 0.6) is 11.5 Å². The number of nitrogens with zero attached hydrogens (tertiary/aromatic N) is 3. The average Bonchev–Trinajstić information content (AvgIpc) is 3.66. The van der Waals surface area contributed by atoms with Gasteiger partial charge in [0.15, 0.2) is 17.9 Å². The first-order valence-corrected chi connectivity index (χ1v) is 19.9. The second kappa shape index (κ2) is 24.3. The molecule has 15 heteroatoms. The van der Waals surface area contributed by atoms with Crippen LogP contribution in [0.2, 0.25) is 5.02 Å². The molecule has 1 aromatic heterocycles. The summed E-state index contributed by atoms with van der Waals surface area (Å²) in [6.45, 7) is 9.31. The molecule has 0 saturated carbocycles. The number of carbonyl (C=O) groups is 2. The first-order valence-electron chi connectivity index (χ1n) is 18.8. The molecule has 0 saturated heterocycles. The van der Waals surface area contributed by atoms with Crippen molar-refractivity contribution in [2.45, 2.75) is 52.7 Å². The molecular weight excluding hydrogens is 786 g/mol. The number of benzene rings is 4. The standard InChI is InChI=1S/C22H24N2O5S.C21H24ClNO5/c1-3-27-19(22(25)26)13-15-9-11-16(12-10-15)28-14-18(24-29-4-2)21-23-17-7-5-6-8-20(17)30-21;1-3-26-20(21(24)25)13-15-5-11-18(12-6-15)27-14-19(23-28-4-2)16-7-9-17(22)10-8-16/h5-12,19H,3-4,13-14H2,1-2H3,(H,25,26);5-12,20H,3-4,13-14H2,1-2H3,(H,24,25)/b24-18-;23-19+. The number of rotatable bonds is 22. The van der Waals surface area contributed by atoms with Gasteiger partial charge in [-0.1, -0.05) is 70.4 Å². The van der Waals surface area contributed by atoms with Crippen LogP contribution in [-0.4, -0.2) is 90.4 Å². The molecule has 0 radical (unpaired) electrons. The van der Waals surface area contributed by atoms with Gasteiger partial charge in [0.05, 0.1) is 10.2 Å². The molecular formula is C43H48ClN3O10S. The average molecular weight is 834 g/mol. The van der Waals surface area contributed by atoms with Crippen molar-refractivity contribution in [2.75, 3.05) is 39.6 Å². The third-order valence-electron chi connectivity index (χ3n) is 8.05. The quantitative estimate of drug-likeness (QED) is 0.0508. The number of aromatic nitrogens is 1. The normalized spacial score (nSPS) is 12.6. The summed E-state index contributed by atoms with van der Waals surface area (Å²) in [4.78, 5) is 37.5. The fraction of sp³-hybridized carbons (Fsp3) is 0.326. The first-order chi connectivity index (χ1) is 28.1. The lowest BCUT2D eigenvalue weighted by Crippen LogP contribution is -2.26. The Balaban J connectivity index is 0.000000257. The summed E-state index contributed by atoms with van der Waals surface area (Å²) in [5.74, 6) is -0.649. The van der Waals surface area contributed by atoms with Gasteiger partial charge >= 0.3 is 11.9 Å². The van der Waals surface area contributed by atoms with Gasteiger partial charge in [0.1, 0.15) is 48.6 Å². The third-order valence-corrected chi connectivity index (χ3v) is 9.39. The molecule has 308 valence electrons. The minimum Gasteiger partial charge on any atom is -0.487 e. The smallest absolute Gasteiger partial charge is 0.333 e. The maximum Gasteiger partial charge on any atom is 0.333 e. The highest BCUT2D eigenvalue weighted by molar-refractivity contribution is 7.20. The molecule has 0 aliphatic carbocycles. The van der Waals surface area contributed by atoms with Crippen molar-refractivity contribution in [3.8, 4) is 11.5 Å². The summed E-state index contributed by atoms with van der Waals surface area (Å²) in [5, 5.41) is 28.1. The van der Waals surface area contributed by atoms with E-state index in [1.54, 1.807) is 50.2 Å². The summed E-state index contributed by atoms with van der Waals surface area (Å²) in [6, 6.07) is 29.7. The van der Waals surface area contributed by atoms with E-state index in [0.29, 0.717) is 67.2 Å². The molecule has 2 N–H and O–H groups in total. The number of aliphatic carboxylic acids is 2. The Kier molecular flexibility index (Phi) is 18.9. The molecule has 0 amide bonds. The predicted octanol–water partition coefficient (Wildman–Crippen LogP) is 8.34. The number of halogens is 1. The van der Waals surface area contributed by atoms with Crippen LogP contribution >= 0.6 is 22.9 Å². The van der Waals surface area contributed by atoms with Gasteiger partial charge in [-0.2, -0.15) is 0 Å². The van der Waals surface area contributed by atoms with E-state index in [4.69, 9.17) is 40.2 Å². The number of oxime groups is 2. The van der Waals surface area contributed by atoms with E-state index in [9.17, 15) is 19.8 Å². The van der Waals surface area contributed by atoms with Crippen molar-refractivity contribution < 1.29 is 48.4 Å². The molecule has 5 rings (SSSR count). The van der Waals surface area contributed by atoms with Gasteiger partial charge in [-0.25, -0.2) is 14.6 Å². The minimum absolute atomic E-state index is 0.204. The second-order valence-corrected chi connectivity index (χ2v) is 13.7. The van der Waals surface area contributed by atoms with Crippen LogP contribution in [0.4, 0.5) is 0 Å². The monoisotopic (exact) mass is 833 g/mol. The van der Waals surface area contributed by atoms with Gasteiger partial charge in [-0.05, 0) is 87.4 Å². The molecule has 0 aliphatic rings. The van der Waals surface area contributed by atoms with Crippen molar-refractivity contribution in [1.82, 2.24) is 4.98 Å². The number of para-hydroxylation sites is 1. The molecule has 5 aromatic rings. The Morgan fingerprint density at radius 2 is 1.14 bits per heavy atom. The highest BCUT2D eigenvalue weighted by atomic mass is 35.5. The number of fused-ring (bicyclic) bond motifs is 1. The summed E-state index contributed by atoms with van der Waals surface area (Å²) in [7, 11) is 0. The lowest BCUT2D eigenvalue weighted by molar-refractivity contribution is -0.150. The molecule has 0 aliphatic heterocycles. The second-order valence-electron chi connectivity index (χ2n) is 12.2. The molecule has 4 aromatic carbocycles. The van der Waals surface area contributed by atoms with Gasteiger partial charge in [-0.3, -0.25) is 0 Å². The van der Waals surface area contributed by atoms with Crippen molar-refractivity contribution >= 4 is 56.5 Å². The van der Waals surface area contributed by atoms with Gasteiger partial charge < -0.3 is 38.8 Å². The summed E-state index contributed by atoms with van der Waals surface area (Å²) >= 11 is 7.47. The van der Waals surface area contributed by atoms with Crippen LogP contribution in [0, 0.1) is 0 Å². The summed E-state index contributed by atoms with van der Waals surface area (Å²) in [6.07, 6.45) is -1.12. The van der Waals surface area contributed by atoms with Gasteiger partial charge in [0.25, 0.3) is 0 Å². The third kappa shape index (κ3) is 14.8. The van der Waals surface area contributed by atoms with Crippen LogP contribution in [0.25, 0.3) is 10.2 Å². The Morgan fingerprint density at radius 1 is 0.655 bits per heavy atom. The van der Waals surface area contributed by atoms with E-state index in [1.807, 2.05) is 74.5 Å². The molecule has 1 heterocycles.